The highest BCUT2D eigenvalue weighted by Crippen LogP contribution is 2.43. The second-order valence-electron chi connectivity index (χ2n) is 8.10. The van der Waals surface area contributed by atoms with Gasteiger partial charge < -0.3 is 14.2 Å². The molecule has 0 saturated heterocycles. The van der Waals surface area contributed by atoms with Crippen molar-refractivity contribution in [2.24, 2.45) is 0 Å². The molecule has 1 fully saturated rings. The lowest BCUT2D eigenvalue weighted by atomic mass is 9.94. The van der Waals surface area contributed by atoms with Gasteiger partial charge in [-0.25, -0.2) is 4.52 Å². The molecule has 0 radical (unpaired) electrons. The van der Waals surface area contributed by atoms with Crippen LogP contribution >= 0.6 is 0 Å². The molecular formula is C24H25F3N2O4. The topological polar surface area (TPSA) is 62.1 Å². The maximum atomic E-state index is 14.0. The summed E-state index contributed by atoms with van der Waals surface area (Å²) in [5, 5.41) is 4.19. The Labute approximate surface area is 189 Å². The van der Waals surface area contributed by atoms with Crippen LogP contribution in [0.25, 0.3) is 16.6 Å². The summed E-state index contributed by atoms with van der Waals surface area (Å²) in [6.07, 6.45) is 1.47. The molecule has 0 bridgehead atoms. The summed E-state index contributed by atoms with van der Waals surface area (Å²) >= 11 is 0. The third-order valence-corrected chi connectivity index (χ3v) is 6.03. The molecule has 2 aromatic heterocycles. The predicted molar refractivity (Wildman–Crippen MR) is 115 cm³/mol. The lowest BCUT2D eigenvalue weighted by Crippen LogP contribution is -2.28. The first-order valence-corrected chi connectivity index (χ1v) is 10.7. The molecule has 9 heteroatoms. The molecule has 4 rings (SSSR count). The van der Waals surface area contributed by atoms with Gasteiger partial charge in [-0.1, -0.05) is 6.07 Å². The first-order chi connectivity index (χ1) is 15.8. The van der Waals surface area contributed by atoms with Crippen molar-refractivity contribution in [2.75, 3.05) is 14.2 Å². The zero-order chi connectivity index (χ0) is 23.6. The molecule has 176 valence electrons. The third-order valence-electron chi connectivity index (χ3n) is 6.03. The Balaban J connectivity index is 1.76. The average Bonchev–Trinajstić information content (AvgIpc) is 3.20. The number of carbonyl (C=O) groups is 1. The lowest BCUT2D eigenvalue weighted by Gasteiger charge is -2.29. The monoisotopic (exact) mass is 462 g/mol. The van der Waals surface area contributed by atoms with Crippen molar-refractivity contribution in [2.45, 2.75) is 50.5 Å². The van der Waals surface area contributed by atoms with Crippen LogP contribution < -0.4 is 4.74 Å². The van der Waals surface area contributed by atoms with Gasteiger partial charge in [-0.05, 0) is 55.5 Å². The van der Waals surface area contributed by atoms with Crippen molar-refractivity contribution >= 4 is 11.5 Å². The van der Waals surface area contributed by atoms with Crippen molar-refractivity contribution in [3.8, 4) is 16.9 Å². The van der Waals surface area contributed by atoms with E-state index >= 15 is 0 Å². The number of rotatable bonds is 6. The molecule has 1 saturated carbocycles. The van der Waals surface area contributed by atoms with Crippen molar-refractivity contribution in [1.82, 2.24) is 9.61 Å². The normalized spacial score (nSPS) is 18.9. The SMILES string of the molecule is COC(=O)Cc1cnn2ccc(-c3c(OC4CCC(OC)CC4)cccc3C(F)(F)F)cc12. The van der Waals surface area contributed by atoms with Crippen LogP contribution in [-0.4, -0.2) is 42.0 Å². The fourth-order valence-corrected chi connectivity index (χ4v) is 4.28. The van der Waals surface area contributed by atoms with E-state index in [2.05, 4.69) is 5.10 Å². The maximum absolute atomic E-state index is 14.0. The van der Waals surface area contributed by atoms with E-state index in [-0.39, 0.29) is 29.9 Å². The van der Waals surface area contributed by atoms with Gasteiger partial charge >= 0.3 is 12.1 Å². The number of esters is 1. The number of fused-ring (bicyclic) bond motifs is 1. The van der Waals surface area contributed by atoms with E-state index < -0.39 is 17.7 Å². The molecule has 0 atom stereocenters. The van der Waals surface area contributed by atoms with E-state index in [9.17, 15) is 18.0 Å². The van der Waals surface area contributed by atoms with E-state index in [0.29, 0.717) is 29.5 Å². The highest BCUT2D eigenvalue weighted by atomic mass is 19.4. The fourth-order valence-electron chi connectivity index (χ4n) is 4.28. The van der Waals surface area contributed by atoms with Crippen LogP contribution in [0.5, 0.6) is 5.75 Å². The van der Waals surface area contributed by atoms with Crippen molar-refractivity contribution in [1.29, 1.82) is 0 Å². The van der Waals surface area contributed by atoms with Gasteiger partial charge in [-0.15, -0.1) is 0 Å². The minimum absolute atomic E-state index is 0.0217. The Morgan fingerprint density at radius 3 is 2.52 bits per heavy atom. The molecule has 0 aliphatic heterocycles. The van der Waals surface area contributed by atoms with Crippen molar-refractivity contribution in [3.63, 3.8) is 0 Å². The van der Waals surface area contributed by atoms with Gasteiger partial charge in [0.1, 0.15) is 5.75 Å². The number of hydrogen-bond donors (Lipinski definition) is 0. The molecule has 1 aliphatic rings. The van der Waals surface area contributed by atoms with Gasteiger partial charge in [0.2, 0.25) is 0 Å². The summed E-state index contributed by atoms with van der Waals surface area (Å²) in [6.45, 7) is 0. The van der Waals surface area contributed by atoms with Crippen LogP contribution in [0.3, 0.4) is 0 Å². The van der Waals surface area contributed by atoms with Crippen molar-refractivity contribution in [3.05, 3.63) is 53.9 Å². The number of nitrogens with zero attached hydrogens (tertiary/aromatic N) is 2. The van der Waals surface area contributed by atoms with E-state index in [1.807, 2.05) is 0 Å². The number of aromatic nitrogens is 2. The molecule has 0 spiro atoms. The smallest absolute Gasteiger partial charge is 0.417 e. The predicted octanol–water partition coefficient (Wildman–Crippen LogP) is 5.07. The van der Waals surface area contributed by atoms with Crippen LogP contribution in [0.15, 0.2) is 42.7 Å². The number of pyridine rings is 1. The number of halogens is 3. The molecule has 0 amide bonds. The maximum Gasteiger partial charge on any atom is 0.417 e. The minimum Gasteiger partial charge on any atom is -0.490 e. The first-order valence-electron chi connectivity index (χ1n) is 10.7. The Bertz CT molecular complexity index is 1130. The number of methoxy groups -OCH3 is 2. The van der Waals surface area contributed by atoms with Gasteiger partial charge in [0.15, 0.2) is 0 Å². The standard InChI is InChI=1S/C24H25F3N2O4/c1-31-17-6-8-18(9-7-17)33-21-5-3-4-19(24(25,26)27)23(21)15-10-11-29-20(12-15)16(14-28-29)13-22(30)32-2/h3-5,10-12,14,17-18H,6-9,13H2,1-2H3. The first kappa shape index (κ1) is 23.1. The molecule has 2 heterocycles. The Kier molecular flexibility index (Phi) is 6.60. The number of carbonyl (C=O) groups excluding carboxylic acids is 1. The van der Waals surface area contributed by atoms with E-state index in [1.54, 1.807) is 31.5 Å². The summed E-state index contributed by atoms with van der Waals surface area (Å²) < 4.78 is 59.7. The second-order valence-corrected chi connectivity index (χ2v) is 8.10. The van der Waals surface area contributed by atoms with E-state index in [0.717, 1.165) is 18.9 Å². The Hall–Kier alpha value is -3.07. The Morgan fingerprint density at radius 2 is 1.85 bits per heavy atom. The van der Waals surface area contributed by atoms with Crippen LogP contribution in [-0.2, 0) is 26.9 Å². The summed E-state index contributed by atoms with van der Waals surface area (Å²) in [5.41, 5.74) is 0.633. The summed E-state index contributed by atoms with van der Waals surface area (Å²) in [7, 11) is 2.95. The van der Waals surface area contributed by atoms with Gasteiger partial charge in [0, 0.05) is 24.4 Å². The van der Waals surface area contributed by atoms with Gasteiger partial charge in [0.25, 0.3) is 0 Å². The number of hydrogen-bond acceptors (Lipinski definition) is 5. The molecule has 1 aromatic carbocycles. The Morgan fingerprint density at radius 1 is 1.12 bits per heavy atom. The summed E-state index contributed by atoms with van der Waals surface area (Å²) in [4.78, 5) is 11.7. The summed E-state index contributed by atoms with van der Waals surface area (Å²) in [5.74, 6) is -0.272. The molecule has 3 aromatic rings. The zero-order valence-electron chi connectivity index (χ0n) is 18.4. The van der Waals surface area contributed by atoms with E-state index in [4.69, 9.17) is 14.2 Å². The average molecular weight is 462 g/mol. The molecule has 0 unspecified atom stereocenters. The molecule has 1 aliphatic carbocycles. The minimum atomic E-state index is -4.57. The van der Waals surface area contributed by atoms with Crippen LogP contribution in [0.1, 0.15) is 36.8 Å². The number of alkyl halides is 3. The molecular weight excluding hydrogens is 437 g/mol. The van der Waals surface area contributed by atoms with Crippen molar-refractivity contribution < 1.29 is 32.2 Å². The van der Waals surface area contributed by atoms with E-state index in [1.165, 1.54) is 23.9 Å². The van der Waals surface area contributed by atoms with Gasteiger partial charge in [-0.3, -0.25) is 4.79 Å². The fraction of sp³-hybridized carbons (Fsp3) is 0.417. The quantitative estimate of drug-likeness (QED) is 0.479. The zero-order valence-corrected chi connectivity index (χ0v) is 18.4. The van der Waals surface area contributed by atoms with Crippen LogP contribution in [0.4, 0.5) is 13.2 Å². The largest absolute Gasteiger partial charge is 0.490 e. The lowest BCUT2D eigenvalue weighted by molar-refractivity contribution is -0.140. The molecule has 33 heavy (non-hydrogen) atoms. The third kappa shape index (κ3) is 4.98. The van der Waals surface area contributed by atoms with Crippen LogP contribution in [0.2, 0.25) is 0 Å². The highest BCUT2D eigenvalue weighted by Gasteiger charge is 2.36. The van der Waals surface area contributed by atoms with Gasteiger partial charge in [-0.2, -0.15) is 18.3 Å². The summed E-state index contributed by atoms with van der Waals surface area (Å²) in [6, 6.07) is 7.16. The van der Waals surface area contributed by atoms with Crippen LogP contribution in [0, 0.1) is 0 Å². The number of benzene rings is 1. The van der Waals surface area contributed by atoms with Gasteiger partial charge in [0.05, 0.1) is 43.0 Å². The molecule has 6 nitrogen and oxygen atoms in total. The number of ether oxygens (including phenoxy) is 3. The molecule has 0 N–H and O–H groups in total. The second kappa shape index (κ2) is 9.43. The highest BCUT2D eigenvalue weighted by molar-refractivity contribution is 5.80.